The predicted molar refractivity (Wildman–Crippen MR) is 160 cm³/mol. The summed E-state index contributed by atoms with van der Waals surface area (Å²) in [6.07, 6.45) is 4.88. The molecular formula is C35H25N5. The van der Waals surface area contributed by atoms with E-state index >= 15 is 0 Å². The van der Waals surface area contributed by atoms with Crippen molar-refractivity contribution < 1.29 is 0 Å². The normalized spacial score (nSPS) is 15.1. The second kappa shape index (κ2) is 9.76. The van der Waals surface area contributed by atoms with Gasteiger partial charge in [-0.2, -0.15) is 5.26 Å². The molecular weight excluding hydrogens is 490 g/mol. The fourth-order valence-corrected chi connectivity index (χ4v) is 5.58. The van der Waals surface area contributed by atoms with Crippen molar-refractivity contribution >= 4 is 27.4 Å². The molecule has 7 rings (SSSR count). The molecule has 4 aromatic carbocycles. The van der Waals surface area contributed by atoms with Crippen molar-refractivity contribution in [2.45, 2.75) is 19.4 Å². The summed E-state index contributed by atoms with van der Waals surface area (Å²) in [7, 11) is 0. The quantitative estimate of drug-likeness (QED) is 0.238. The summed E-state index contributed by atoms with van der Waals surface area (Å²) in [6.45, 7) is 2.13. The zero-order valence-corrected chi connectivity index (χ0v) is 22.0. The maximum atomic E-state index is 10.1. The monoisotopic (exact) mass is 515 g/mol. The molecule has 0 bridgehead atoms. The molecule has 6 aromatic rings. The number of fused-ring (bicyclic) bond motifs is 3. The van der Waals surface area contributed by atoms with Gasteiger partial charge in [0.25, 0.3) is 0 Å². The fraction of sp³-hybridized carbons (Fsp3) is 0.0857. The van der Waals surface area contributed by atoms with E-state index in [0.717, 1.165) is 16.7 Å². The van der Waals surface area contributed by atoms with E-state index in [2.05, 4.69) is 66.1 Å². The number of hydrogen-bond acceptors (Lipinski definition) is 4. The third kappa shape index (κ3) is 4.07. The molecule has 1 aliphatic rings. The first-order valence-electron chi connectivity index (χ1n) is 13.4. The smallest absolute Gasteiger partial charge is 0.165 e. The van der Waals surface area contributed by atoms with Crippen molar-refractivity contribution in [1.29, 1.82) is 5.26 Å². The molecule has 190 valence electrons. The lowest BCUT2D eigenvalue weighted by molar-refractivity contribution is 0.647. The van der Waals surface area contributed by atoms with Crippen molar-refractivity contribution in [3.63, 3.8) is 0 Å². The maximum Gasteiger partial charge on any atom is 0.165 e. The van der Waals surface area contributed by atoms with Gasteiger partial charge in [0.1, 0.15) is 0 Å². The highest BCUT2D eigenvalue weighted by Gasteiger charge is 2.24. The van der Waals surface area contributed by atoms with Gasteiger partial charge in [-0.1, -0.05) is 96.6 Å². The molecule has 0 saturated heterocycles. The van der Waals surface area contributed by atoms with Gasteiger partial charge in [-0.15, -0.1) is 0 Å². The van der Waals surface area contributed by atoms with E-state index in [0.29, 0.717) is 29.5 Å². The van der Waals surface area contributed by atoms with Gasteiger partial charge in [0.05, 0.1) is 17.7 Å². The first-order valence-corrected chi connectivity index (χ1v) is 13.4. The molecule has 1 unspecified atom stereocenters. The highest BCUT2D eigenvalue weighted by atomic mass is 15.0. The average Bonchev–Trinajstić information content (AvgIpc) is 3.35. The second-order valence-corrected chi connectivity index (χ2v) is 10.1. The molecule has 0 amide bonds. The van der Waals surface area contributed by atoms with Crippen molar-refractivity contribution in [1.82, 2.24) is 19.5 Å². The van der Waals surface area contributed by atoms with E-state index in [1.165, 1.54) is 27.4 Å². The Morgan fingerprint density at radius 1 is 0.700 bits per heavy atom. The molecule has 0 N–H and O–H groups in total. The Morgan fingerprint density at radius 2 is 1.30 bits per heavy atom. The topological polar surface area (TPSA) is 67.4 Å². The van der Waals surface area contributed by atoms with Crippen molar-refractivity contribution in [2.24, 2.45) is 0 Å². The van der Waals surface area contributed by atoms with Crippen LogP contribution in [0.15, 0.2) is 121 Å². The Bertz CT molecular complexity index is 1940. The van der Waals surface area contributed by atoms with Crippen molar-refractivity contribution in [2.75, 3.05) is 0 Å². The number of aromatic nitrogens is 4. The fourth-order valence-electron chi connectivity index (χ4n) is 5.58. The number of nitrogens with zero attached hydrogens (tertiary/aromatic N) is 5. The zero-order valence-electron chi connectivity index (χ0n) is 22.0. The number of benzene rings is 4. The van der Waals surface area contributed by atoms with E-state index in [4.69, 9.17) is 15.0 Å². The molecule has 0 fully saturated rings. The summed E-state index contributed by atoms with van der Waals surface area (Å²) < 4.78 is 2.38. The molecule has 0 spiro atoms. The SMILES string of the molecule is Cc1ccc2c(c1)c1ccccc1n2C1C=C(c2nc(-c3ccccc3)nc(-c3ccccc3)n2)C(C#N)=CC1. The van der Waals surface area contributed by atoms with Crippen LogP contribution in [0.25, 0.3) is 50.2 Å². The van der Waals surface area contributed by atoms with Crippen LogP contribution in [0, 0.1) is 18.3 Å². The largest absolute Gasteiger partial charge is 0.333 e. The van der Waals surface area contributed by atoms with Gasteiger partial charge in [-0.25, -0.2) is 15.0 Å². The van der Waals surface area contributed by atoms with E-state index in [9.17, 15) is 5.26 Å². The standard InChI is InChI=1S/C35H25N5/c1-23-16-19-32-30(20-23)28-14-8-9-15-31(28)40(32)27-18-17-26(22-36)29(21-27)35-38-33(24-10-4-2-5-11-24)37-34(39-35)25-12-6-3-7-13-25/h2-17,19-21,27H,18H2,1H3. The summed E-state index contributed by atoms with van der Waals surface area (Å²) in [4.78, 5) is 14.6. The molecule has 0 saturated carbocycles. The average molecular weight is 516 g/mol. The zero-order chi connectivity index (χ0) is 27.1. The summed E-state index contributed by atoms with van der Waals surface area (Å²) in [5.74, 6) is 1.66. The Morgan fingerprint density at radius 3 is 1.98 bits per heavy atom. The molecule has 5 heteroatoms. The van der Waals surface area contributed by atoms with Crippen LogP contribution in [-0.4, -0.2) is 19.5 Å². The van der Waals surface area contributed by atoms with Gasteiger partial charge < -0.3 is 4.57 Å². The van der Waals surface area contributed by atoms with Gasteiger partial charge >= 0.3 is 0 Å². The predicted octanol–water partition coefficient (Wildman–Crippen LogP) is 8.10. The minimum absolute atomic E-state index is 0.00526. The van der Waals surface area contributed by atoms with Gasteiger partial charge in [0.15, 0.2) is 17.5 Å². The third-order valence-electron chi connectivity index (χ3n) is 7.47. The molecule has 5 nitrogen and oxygen atoms in total. The van der Waals surface area contributed by atoms with Crippen LogP contribution in [0.2, 0.25) is 0 Å². The number of allylic oxidation sites excluding steroid dienone is 4. The van der Waals surface area contributed by atoms with Crippen LogP contribution in [0.3, 0.4) is 0 Å². The highest BCUT2D eigenvalue weighted by Crippen LogP contribution is 2.38. The van der Waals surface area contributed by atoms with E-state index in [1.807, 2.05) is 66.7 Å². The Hall–Kier alpha value is -5.34. The Kier molecular flexibility index (Phi) is 5.79. The van der Waals surface area contributed by atoms with Crippen LogP contribution < -0.4 is 0 Å². The molecule has 1 aliphatic carbocycles. The van der Waals surface area contributed by atoms with Crippen LogP contribution in [-0.2, 0) is 0 Å². The summed E-state index contributed by atoms with van der Waals surface area (Å²) in [5, 5.41) is 12.6. The number of nitriles is 1. The Balaban J connectivity index is 1.44. The van der Waals surface area contributed by atoms with Gasteiger partial charge in [-0.3, -0.25) is 0 Å². The lowest BCUT2D eigenvalue weighted by atomic mass is 9.94. The number of hydrogen-bond donors (Lipinski definition) is 0. The van der Waals surface area contributed by atoms with Gasteiger partial charge in [0.2, 0.25) is 0 Å². The first kappa shape index (κ1) is 23.8. The lowest BCUT2D eigenvalue weighted by Crippen LogP contribution is -2.12. The summed E-state index contributed by atoms with van der Waals surface area (Å²) in [6, 6.07) is 37.3. The minimum Gasteiger partial charge on any atom is -0.333 e. The molecule has 0 radical (unpaired) electrons. The Labute approximate surface area is 232 Å². The van der Waals surface area contributed by atoms with Crippen LogP contribution >= 0.6 is 0 Å². The van der Waals surface area contributed by atoms with E-state index < -0.39 is 0 Å². The maximum absolute atomic E-state index is 10.1. The number of aryl methyl sites for hydroxylation is 1. The van der Waals surface area contributed by atoms with Crippen LogP contribution in [0.4, 0.5) is 0 Å². The highest BCUT2D eigenvalue weighted by molar-refractivity contribution is 6.08. The van der Waals surface area contributed by atoms with Gasteiger partial charge in [0, 0.05) is 38.5 Å². The van der Waals surface area contributed by atoms with Crippen molar-refractivity contribution in [3.8, 4) is 28.8 Å². The van der Waals surface area contributed by atoms with E-state index in [-0.39, 0.29) is 6.04 Å². The molecule has 0 aliphatic heterocycles. The molecule has 2 heterocycles. The molecule has 1 atom stereocenters. The second-order valence-electron chi connectivity index (χ2n) is 10.1. The summed E-state index contributed by atoms with van der Waals surface area (Å²) in [5.41, 5.74) is 6.68. The minimum atomic E-state index is -0.00526. The number of rotatable bonds is 4. The van der Waals surface area contributed by atoms with E-state index in [1.54, 1.807) is 0 Å². The summed E-state index contributed by atoms with van der Waals surface area (Å²) >= 11 is 0. The van der Waals surface area contributed by atoms with Crippen molar-refractivity contribution in [3.05, 3.63) is 132 Å². The molecule has 40 heavy (non-hydrogen) atoms. The van der Waals surface area contributed by atoms with Crippen LogP contribution in [0.5, 0.6) is 0 Å². The lowest BCUT2D eigenvalue weighted by Gasteiger charge is -2.22. The first-order chi connectivity index (χ1) is 19.7. The number of para-hydroxylation sites is 1. The van der Waals surface area contributed by atoms with Gasteiger partial charge in [-0.05, 0) is 37.6 Å². The van der Waals surface area contributed by atoms with Crippen LogP contribution in [0.1, 0.15) is 23.9 Å². The molecule has 2 aromatic heterocycles. The third-order valence-corrected chi connectivity index (χ3v) is 7.47.